The molecule has 15 heavy (non-hydrogen) atoms. The summed E-state index contributed by atoms with van der Waals surface area (Å²) in [7, 11) is 0. The van der Waals surface area contributed by atoms with Crippen molar-refractivity contribution in [3.63, 3.8) is 0 Å². The Bertz CT molecular complexity index is 337. The molecule has 0 bridgehead atoms. The molecule has 0 saturated carbocycles. The van der Waals surface area contributed by atoms with Crippen LogP contribution in [0.25, 0.3) is 0 Å². The second kappa shape index (κ2) is 5.03. The minimum Gasteiger partial charge on any atom is -0.489 e. The third-order valence-electron chi connectivity index (χ3n) is 2.42. The van der Waals surface area contributed by atoms with Crippen LogP contribution in [0.4, 0.5) is 5.69 Å². The lowest BCUT2D eigenvalue weighted by Gasteiger charge is -2.12. The van der Waals surface area contributed by atoms with Crippen LogP contribution < -0.4 is 10.5 Å². The van der Waals surface area contributed by atoms with Crippen LogP contribution in [0.2, 0.25) is 0 Å². The second-order valence-electron chi connectivity index (χ2n) is 3.63. The number of rotatable bonds is 3. The van der Waals surface area contributed by atoms with Gasteiger partial charge in [-0.15, -0.1) is 0 Å². The van der Waals surface area contributed by atoms with Crippen molar-refractivity contribution in [1.29, 1.82) is 0 Å². The fourth-order valence-corrected chi connectivity index (χ4v) is 2.12. The highest BCUT2D eigenvalue weighted by Crippen LogP contribution is 2.24. The molecule has 3 nitrogen and oxygen atoms in total. The van der Waals surface area contributed by atoms with E-state index in [4.69, 9.17) is 15.2 Å². The maximum Gasteiger partial charge on any atom is 0.142 e. The number of nitrogen functional groups attached to an aromatic ring is 1. The first-order valence-corrected chi connectivity index (χ1v) is 6.13. The van der Waals surface area contributed by atoms with Crippen LogP contribution in [0.15, 0.2) is 18.2 Å². The Labute approximate surface area is 103 Å². The zero-order valence-corrected chi connectivity index (χ0v) is 10.6. The number of hydrogen-bond donors (Lipinski definition) is 1. The Morgan fingerprint density at radius 3 is 3.07 bits per heavy atom. The van der Waals surface area contributed by atoms with Crippen LogP contribution in [0.3, 0.4) is 0 Å². The van der Waals surface area contributed by atoms with Crippen LogP contribution in [0.5, 0.6) is 5.75 Å². The van der Waals surface area contributed by atoms with Crippen LogP contribution in [0, 0.1) is 3.57 Å². The number of benzene rings is 1. The topological polar surface area (TPSA) is 44.5 Å². The monoisotopic (exact) mass is 319 g/mol. The van der Waals surface area contributed by atoms with E-state index in [1.54, 1.807) is 0 Å². The van der Waals surface area contributed by atoms with Gasteiger partial charge < -0.3 is 15.2 Å². The van der Waals surface area contributed by atoms with Crippen molar-refractivity contribution in [3.8, 4) is 5.75 Å². The van der Waals surface area contributed by atoms with Crippen LogP contribution in [-0.2, 0) is 4.74 Å². The summed E-state index contributed by atoms with van der Waals surface area (Å²) in [6, 6.07) is 5.80. The second-order valence-corrected chi connectivity index (χ2v) is 4.87. The molecule has 82 valence electrons. The van der Waals surface area contributed by atoms with E-state index >= 15 is 0 Å². The summed E-state index contributed by atoms with van der Waals surface area (Å²) in [4.78, 5) is 0. The highest BCUT2D eigenvalue weighted by atomic mass is 127. The molecule has 0 amide bonds. The van der Waals surface area contributed by atoms with Crippen molar-refractivity contribution < 1.29 is 9.47 Å². The van der Waals surface area contributed by atoms with E-state index in [9.17, 15) is 0 Å². The molecule has 1 atom stereocenters. The van der Waals surface area contributed by atoms with Crippen molar-refractivity contribution in [3.05, 3.63) is 21.8 Å². The van der Waals surface area contributed by atoms with Crippen LogP contribution in [0.1, 0.15) is 12.8 Å². The first-order chi connectivity index (χ1) is 7.25. The van der Waals surface area contributed by atoms with E-state index in [0.29, 0.717) is 12.3 Å². The van der Waals surface area contributed by atoms with Crippen molar-refractivity contribution in [2.45, 2.75) is 18.9 Å². The van der Waals surface area contributed by atoms with Gasteiger partial charge in [0.05, 0.1) is 11.8 Å². The van der Waals surface area contributed by atoms with Gasteiger partial charge in [0.25, 0.3) is 0 Å². The van der Waals surface area contributed by atoms with Gasteiger partial charge in [-0.2, -0.15) is 0 Å². The Balaban J connectivity index is 1.92. The molecule has 1 aromatic carbocycles. The maximum atomic E-state index is 5.84. The number of hydrogen-bond acceptors (Lipinski definition) is 3. The molecule has 0 radical (unpaired) electrons. The van der Waals surface area contributed by atoms with E-state index < -0.39 is 0 Å². The Morgan fingerprint density at radius 2 is 2.40 bits per heavy atom. The third-order valence-corrected chi connectivity index (χ3v) is 3.09. The molecule has 1 aliphatic heterocycles. The molecule has 4 heteroatoms. The van der Waals surface area contributed by atoms with Crippen molar-refractivity contribution in [2.24, 2.45) is 0 Å². The van der Waals surface area contributed by atoms with Crippen LogP contribution >= 0.6 is 22.6 Å². The number of ether oxygens (including phenoxy) is 2. The molecule has 0 spiro atoms. The summed E-state index contributed by atoms with van der Waals surface area (Å²) < 4.78 is 12.2. The van der Waals surface area contributed by atoms with Gasteiger partial charge in [-0.05, 0) is 53.6 Å². The zero-order chi connectivity index (χ0) is 10.7. The van der Waals surface area contributed by atoms with Gasteiger partial charge in [-0.25, -0.2) is 0 Å². The van der Waals surface area contributed by atoms with E-state index in [-0.39, 0.29) is 6.10 Å². The highest BCUT2D eigenvalue weighted by molar-refractivity contribution is 14.1. The highest BCUT2D eigenvalue weighted by Gasteiger charge is 2.16. The van der Waals surface area contributed by atoms with E-state index in [1.165, 1.54) is 0 Å². The number of halogens is 1. The number of anilines is 1. The van der Waals surface area contributed by atoms with E-state index in [1.807, 2.05) is 18.2 Å². The summed E-state index contributed by atoms with van der Waals surface area (Å²) >= 11 is 2.23. The summed E-state index contributed by atoms with van der Waals surface area (Å²) in [5.74, 6) is 0.755. The van der Waals surface area contributed by atoms with Gasteiger partial charge in [-0.1, -0.05) is 0 Å². The Hall–Kier alpha value is -0.490. The Kier molecular flexibility index (Phi) is 3.69. The average molecular weight is 319 g/mol. The molecule has 1 saturated heterocycles. The Morgan fingerprint density at radius 1 is 1.53 bits per heavy atom. The molecule has 1 unspecified atom stereocenters. The lowest BCUT2D eigenvalue weighted by Crippen LogP contribution is -2.16. The summed E-state index contributed by atoms with van der Waals surface area (Å²) in [6.07, 6.45) is 2.46. The minimum absolute atomic E-state index is 0.240. The lowest BCUT2D eigenvalue weighted by atomic mass is 10.2. The fourth-order valence-electron chi connectivity index (χ4n) is 1.61. The predicted molar refractivity (Wildman–Crippen MR) is 68.0 cm³/mol. The molecular weight excluding hydrogens is 305 g/mol. The van der Waals surface area contributed by atoms with Gasteiger partial charge in [0.2, 0.25) is 0 Å². The number of nitrogens with two attached hydrogens (primary N) is 1. The molecule has 1 heterocycles. The largest absolute Gasteiger partial charge is 0.489 e. The quantitative estimate of drug-likeness (QED) is 0.687. The molecule has 2 N–H and O–H groups in total. The average Bonchev–Trinajstić information content (AvgIpc) is 2.69. The molecule has 1 aromatic rings. The minimum atomic E-state index is 0.240. The first-order valence-electron chi connectivity index (χ1n) is 5.05. The normalized spacial score (nSPS) is 20.5. The third kappa shape index (κ3) is 2.98. The van der Waals surface area contributed by atoms with Crippen LogP contribution in [-0.4, -0.2) is 19.3 Å². The first kappa shape index (κ1) is 11.0. The zero-order valence-electron chi connectivity index (χ0n) is 8.41. The van der Waals surface area contributed by atoms with Gasteiger partial charge in [0.15, 0.2) is 0 Å². The summed E-state index contributed by atoms with van der Waals surface area (Å²) in [5, 5.41) is 0. The fraction of sp³-hybridized carbons (Fsp3) is 0.455. The molecule has 1 aliphatic rings. The van der Waals surface area contributed by atoms with Gasteiger partial charge in [0.1, 0.15) is 12.4 Å². The van der Waals surface area contributed by atoms with Gasteiger partial charge in [-0.3, -0.25) is 0 Å². The lowest BCUT2D eigenvalue weighted by molar-refractivity contribution is 0.0682. The summed E-state index contributed by atoms with van der Waals surface area (Å²) in [5.41, 5.74) is 6.53. The van der Waals surface area contributed by atoms with Crippen molar-refractivity contribution >= 4 is 28.3 Å². The standard InChI is InChI=1S/C11H14INO2/c12-8-3-4-11(10(13)6-8)15-7-9-2-1-5-14-9/h3-4,6,9H,1-2,5,7,13H2. The molecule has 0 aromatic heterocycles. The molecule has 1 fully saturated rings. The SMILES string of the molecule is Nc1cc(I)ccc1OCC1CCCO1. The van der Waals surface area contributed by atoms with E-state index in [2.05, 4.69) is 22.6 Å². The van der Waals surface area contributed by atoms with E-state index in [0.717, 1.165) is 28.8 Å². The summed E-state index contributed by atoms with van der Waals surface area (Å²) in [6.45, 7) is 1.46. The molecule has 0 aliphatic carbocycles. The van der Waals surface area contributed by atoms with Gasteiger partial charge in [0, 0.05) is 10.2 Å². The van der Waals surface area contributed by atoms with Gasteiger partial charge >= 0.3 is 0 Å². The molecule has 2 rings (SSSR count). The van der Waals surface area contributed by atoms with Crippen molar-refractivity contribution in [1.82, 2.24) is 0 Å². The van der Waals surface area contributed by atoms with Crippen molar-refractivity contribution in [2.75, 3.05) is 18.9 Å². The predicted octanol–water partition coefficient (Wildman–Crippen LogP) is 2.43. The molecular formula is C11H14INO2. The smallest absolute Gasteiger partial charge is 0.142 e. The maximum absolute atomic E-state index is 5.84.